The van der Waals surface area contributed by atoms with E-state index < -0.39 is 6.10 Å². The van der Waals surface area contributed by atoms with Crippen LogP contribution < -0.4 is 0 Å². The molecule has 1 N–H and O–H groups in total. The first kappa shape index (κ1) is 15.9. The first-order valence-corrected chi connectivity index (χ1v) is 8.00. The van der Waals surface area contributed by atoms with E-state index in [4.69, 9.17) is 0 Å². The van der Waals surface area contributed by atoms with Crippen molar-refractivity contribution < 1.29 is 9.90 Å². The molecule has 0 saturated carbocycles. The number of Topliss-reactive ketones (excluding diaryl/α,β-unsaturated/α-hetero) is 1. The molecule has 1 aromatic heterocycles. The number of thiophene rings is 1. The monoisotopic (exact) mass is 303 g/mol. The second kappa shape index (κ2) is 8.08. The summed E-state index contributed by atoms with van der Waals surface area (Å²) in [6.07, 6.45) is 0.0185. The Kier molecular flexibility index (Phi) is 6.11. The van der Waals surface area contributed by atoms with E-state index in [-0.39, 0.29) is 5.78 Å². The molecule has 2 aromatic rings. The lowest BCUT2D eigenvalue weighted by Gasteiger charge is -2.24. The van der Waals surface area contributed by atoms with Crippen LogP contribution in [-0.4, -0.2) is 28.9 Å². The maximum atomic E-state index is 11.2. The van der Waals surface area contributed by atoms with Crippen LogP contribution >= 0.6 is 11.3 Å². The molecule has 0 spiro atoms. The van der Waals surface area contributed by atoms with Crippen LogP contribution in [0.25, 0.3) is 0 Å². The van der Waals surface area contributed by atoms with Crippen LogP contribution in [0.4, 0.5) is 0 Å². The van der Waals surface area contributed by atoms with Crippen molar-refractivity contribution >= 4 is 17.1 Å². The molecule has 0 radical (unpaired) electrons. The maximum absolute atomic E-state index is 11.2. The fourth-order valence-corrected chi connectivity index (χ4v) is 2.91. The molecule has 1 heterocycles. The van der Waals surface area contributed by atoms with Crippen LogP contribution in [0, 0.1) is 0 Å². The van der Waals surface area contributed by atoms with Crippen molar-refractivity contribution in [2.24, 2.45) is 0 Å². The van der Waals surface area contributed by atoms with E-state index >= 15 is 0 Å². The fourth-order valence-electron chi connectivity index (χ4n) is 2.21. The molecule has 4 heteroatoms. The van der Waals surface area contributed by atoms with Crippen molar-refractivity contribution in [3.63, 3.8) is 0 Å². The number of hydrogen-bond acceptors (Lipinski definition) is 4. The molecule has 0 amide bonds. The highest BCUT2D eigenvalue weighted by atomic mass is 32.1. The Bertz CT molecular complexity index is 539. The number of carbonyl (C=O) groups excluding carboxylic acids is 1. The van der Waals surface area contributed by atoms with E-state index in [2.05, 4.69) is 17.0 Å². The zero-order valence-electron chi connectivity index (χ0n) is 12.2. The molecule has 1 unspecified atom stereocenters. The Morgan fingerprint density at radius 2 is 2.00 bits per heavy atom. The summed E-state index contributed by atoms with van der Waals surface area (Å²) in [6.45, 7) is 3.57. The third-order valence-corrected chi connectivity index (χ3v) is 4.31. The lowest BCUT2D eigenvalue weighted by atomic mass is 10.1. The van der Waals surface area contributed by atoms with Crippen molar-refractivity contribution in [1.29, 1.82) is 0 Å². The molecule has 0 bridgehead atoms. The van der Waals surface area contributed by atoms with Crippen LogP contribution in [0.5, 0.6) is 0 Å². The summed E-state index contributed by atoms with van der Waals surface area (Å²) in [4.78, 5) is 14.3. The molecule has 21 heavy (non-hydrogen) atoms. The van der Waals surface area contributed by atoms with Crippen LogP contribution in [-0.2, 0) is 11.3 Å². The number of ketones is 1. The second-order valence-electron chi connectivity index (χ2n) is 5.20. The highest BCUT2D eigenvalue weighted by molar-refractivity contribution is 7.10. The molecule has 1 aromatic carbocycles. The minimum atomic E-state index is -0.499. The second-order valence-corrected chi connectivity index (χ2v) is 6.18. The summed E-state index contributed by atoms with van der Waals surface area (Å²) in [5.74, 6) is 0.179. The van der Waals surface area contributed by atoms with Gasteiger partial charge in [-0.15, -0.1) is 11.3 Å². The summed E-state index contributed by atoms with van der Waals surface area (Å²) in [5.41, 5.74) is 1.19. The predicted octanol–water partition coefficient (Wildman–Crippen LogP) is 3.26. The smallest absolute Gasteiger partial charge is 0.131 e. The first-order valence-electron chi connectivity index (χ1n) is 7.12. The van der Waals surface area contributed by atoms with Gasteiger partial charge in [0.2, 0.25) is 0 Å². The van der Waals surface area contributed by atoms with E-state index in [0.29, 0.717) is 19.5 Å². The quantitative estimate of drug-likeness (QED) is 0.813. The Morgan fingerprint density at radius 1 is 1.24 bits per heavy atom. The third kappa shape index (κ3) is 5.42. The molecular weight excluding hydrogens is 282 g/mol. The Morgan fingerprint density at radius 3 is 2.62 bits per heavy atom. The van der Waals surface area contributed by atoms with E-state index in [0.717, 1.165) is 11.4 Å². The third-order valence-electron chi connectivity index (χ3n) is 3.33. The van der Waals surface area contributed by atoms with Crippen LogP contribution in [0.2, 0.25) is 0 Å². The molecule has 0 fully saturated rings. The molecule has 1 atom stereocenters. The average Bonchev–Trinajstić information content (AvgIpc) is 3.00. The minimum absolute atomic E-state index is 0.179. The molecule has 0 aliphatic carbocycles. The number of hydrogen-bond donors (Lipinski definition) is 1. The Labute approximate surface area is 129 Å². The van der Waals surface area contributed by atoms with Crippen molar-refractivity contribution in [2.45, 2.75) is 26.0 Å². The summed E-state index contributed by atoms with van der Waals surface area (Å²) < 4.78 is 0. The lowest BCUT2D eigenvalue weighted by Crippen LogP contribution is -2.30. The maximum Gasteiger partial charge on any atom is 0.131 e. The first-order chi connectivity index (χ1) is 10.1. The van der Waals surface area contributed by atoms with Crippen LogP contribution in [0.3, 0.4) is 0 Å². The zero-order chi connectivity index (χ0) is 15.1. The zero-order valence-corrected chi connectivity index (χ0v) is 13.1. The van der Waals surface area contributed by atoms with Crippen LogP contribution in [0.1, 0.15) is 29.9 Å². The highest BCUT2D eigenvalue weighted by Gasteiger charge is 2.15. The van der Waals surface area contributed by atoms with Gasteiger partial charge >= 0.3 is 0 Å². The van der Waals surface area contributed by atoms with Gasteiger partial charge in [-0.3, -0.25) is 9.69 Å². The summed E-state index contributed by atoms with van der Waals surface area (Å²) in [7, 11) is 0. The van der Waals surface area contributed by atoms with Crippen molar-refractivity contribution in [3.8, 4) is 0 Å². The van der Waals surface area contributed by atoms with Crippen LogP contribution in [0.15, 0.2) is 47.8 Å². The summed E-state index contributed by atoms with van der Waals surface area (Å²) in [6, 6.07) is 14.0. The Hall–Kier alpha value is -1.49. The van der Waals surface area contributed by atoms with E-state index in [1.807, 2.05) is 35.7 Å². The predicted molar refractivity (Wildman–Crippen MR) is 86.3 cm³/mol. The van der Waals surface area contributed by atoms with Gasteiger partial charge in [-0.1, -0.05) is 36.4 Å². The lowest BCUT2D eigenvalue weighted by molar-refractivity contribution is -0.117. The van der Waals surface area contributed by atoms with Gasteiger partial charge < -0.3 is 5.11 Å². The number of rotatable bonds is 8. The molecule has 0 aliphatic rings. The van der Waals surface area contributed by atoms with Crippen molar-refractivity contribution in [3.05, 3.63) is 58.3 Å². The molecule has 0 saturated heterocycles. The highest BCUT2D eigenvalue weighted by Crippen LogP contribution is 2.20. The average molecular weight is 303 g/mol. The standard InChI is InChI=1S/C17H21NO2S/c1-14(19)9-10-18(12-15-6-3-2-4-7-15)13-16(20)17-8-5-11-21-17/h2-8,11,16,20H,9-10,12-13H2,1H3. The Balaban J connectivity index is 1.99. The van der Waals surface area contributed by atoms with Gasteiger partial charge in [-0.25, -0.2) is 0 Å². The number of aliphatic hydroxyl groups is 1. The largest absolute Gasteiger partial charge is 0.386 e. The number of benzene rings is 1. The van der Waals surface area contributed by atoms with Gasteiger partial charge in [0.25, 0.3) is 0 Å². The SMILES string of the molecule is CC(=O)CCN(Cc1ccccc1)CC(O)c1cccs1. The fraction of sp³-hybridized carbons (Fsp3) is 0.353. The molecule has 2 rings (SSSR count). The molecule has 0 aliphatic heterocycles. The molecule has 112 valence electrons. The number of aliphatic hydroxyl groups excluding tert-OH is 1. The van der Waals surface area contributed by atoms with E-state index in [1.165, 1.54) is 5.56 Å². The molecular formula is C17H21NO2S. The topological polar surface area (TPSA) is 40.5 Å². The van der Waals surface area contributed by atoms with Gasteiger partial charge in [0, 0.05) is 30.9 Å². The van der Waals surface area contributed by atoms with Gasteiger partial charge in [-0.05, 0) is 23.9 Å². The van der Waals surface area contributed by atoms with Crippen molar-refractivity contribution in [2.75, 3.05) is 13.1 Å². The summed E-state index contributed by atoms with van der Waals surface area (Å²) in [5, 5.41) is 12.3. The minimum Gasteiger partial charge on any atom is -0.386 e. The van der Waals surface area contributed by atoms with Gasteiger partial charge in [-0.2, -0.15) is 0 Å². The van der Waals surface area contributed by atoms with Gasteiger partial charge in [0.15, 0.2) is 0 Å². The van der Waals surface area contributed by atoms with Gasteiger partial charge in [0.05, 0.1) is 0 Å². The van der Waals surface area contributed by atoms with Gasteiger partial charge in [0.1, 0.15) is 11.9 Å². The number of carbonyl (C=O) groups is 1. The van der Waals surface area contributed by atoms with E-state index in [9.17, 15) is 9.90 Å². The molecule has 3 nitrogen and oxygen atoms in total. The number of nitrogens with zero attached hydrogens (tertiary/aromatic N) is 1. The van der Waals surface area contributed by atoms with E-state index in [1.54, 1.807) is 18.3 Å². The summed E-state index contributed by atoms with van der Waals surface area (Å²) >= 11 is 1.56. The normalized spacial score (nSPS) is 12.5. The van der Waals surface area contributed by atoms with Crippen molar-refractivity contribution in [1.82, 2.24) is 4.90 Å².